The van der Waals surface area contributed by atoms with Gasteiger partial charge < -0.3 is 17.0 Å². The van der Waals surface area contributed by atoms with Crippen molar-refractivity contribution in [3.63, 3.8) is 0 Å². The average Bonchev–Trinajstić information content (AvgIpc) is 2.61. The molecule has 0 atom stereocenters. The van der Waals surface area contributed by atoms with Crippen molar-refractivity contribution in [3.05, 3.63) is 52.7 Å². The highest BCUT2D eigenvalue weighted by Crippen LogP contribution is 2.26. The van der Waals surface area contributed by atoms with Crippen molar-refractivity contribution in [2.24, 2.45) is 0 Å². The molecule has 1 aliphatic heterocycles. The summed E-state index contributed by atoms with van der Waals surface area (Å²) in [5, 5.41) is 0. The predicted octanol–water partition coefficient (Wildman–Crippen LogP) is -2.32. The second kappa shape index (κ2) is 3.54. The SMILES string of the molecule is C1=[NH+]C=C2Cc3ccccc3C=C12.[Br-]. The van der Waals surface area contributed by atoms with E-state index in [1.54, 1.807) is 0 Å². The number of rotatable bonds is 0. The van der Waals surface area contributed by atoms with E-state index in [9.17, 15) is 0 Å². The first-order valence-electron chi connectivity index (χ1n) is 4.52. The molecule has 2 heteroatoms. The van der Waals surface area contributed by atoms with E-state index in [2.05, 4.69) is 47.7 Å². The van der Waals surface area contributed by atoms with Gasteiger partial charge >= 0.3 is 0 Å². The fraction of sp³-hybridized carbons (Fsp3) is 0.0833. The minimum atomic E-state index is 0. The van der Waals surface area contributed by atoms with E-state index in [4.69, 9.17) is 0 Å². The summed E-state index contributed by atoms with van der Waals surface area (Å²) in [7, 11) is 0. The lowest BCUT2D eigenvalue weighted by atomic mass is 9.90. The Labute approximate surface area is 93.6 Å². The highest BCUT2D eigenvalue weighted by molar-refractivity contribution is 5.91. The lowest BCUT2D eigenvalue weighted by molar-refractivity contribution is -0.363. The first-order chi connectivity index (χ1) is 6.43. The fourth-order valence-corrected chi connectivity index (χ4v) is 1.90. The van der Waals surface area contributed by atoms with Gasteiger partial charge in [0.05, 0.1) is 0 Å². The van der Waals surface area contributed by atoms with Crippen molar-refractivity contribution in [2.75, 3.05) is 0 Å². The monoisotopic (exact) mass is 247 g/mol. The van der Waals surface area contributed by atoms with Crippen LogP contribution in [0.5, 0.6) is 0 Å². The molecule has 0 saturated heterocycles. The Balaban J connectivity index is 0.000000750. The van der Waals surface area contributed by atoms with Gasteiger partial charge in [-0.25, -0.2) is 4.99 Å². The number of nitrogens with one attached hydrogen (secondary N) is 1. The lowest BCUT2D eigenvalue weighted by Gasteiger charge is -2.11. The van der Waals surface area contributed by atoms with E-state index in [0.717, 1.165) is 6.42 Å². The third-order valence-corrected chi connectivity index (χ3v) is 2.61. The summed E-state index contributed by atoms with van der Waals surface area (Å²) in [6, 6.07) is 8.56. The average molecular weight is 248 g/mol. The lowest BCUT2D eigenvalue weighted by Crippen LogP contribution is -3.00. The summed E-state index contributed by atoms with van der Waals surface area (Å²) in [6.07, 6.45) is 7.45. The zero-order valence-electron chi connectivity index (χ0n) is 7.63. The Morgan fingerprint density at radius 2 is 2.00 bits per heavy atom. The number of fused-ring (bicyclic) bond motifs is 2. The number of hydrogen-bond donors (Lipinski definition) is 1. The highest BCUT2D eigenvalue weighted by atomic mass is 79.9. The van der Waals surface area contributed by atoms with Gasteiger partial charge in [0.1, 0.15) is 0 Å². The molecule has 0 amide bonds. The van der Waals surface area contributed by atoms with Crippen LogP contribution in [-0.4, -0.2) is 6.21 Å². The summed E-state index contributed by atoms with van der Waals surface area (Å²) >= 11 is 0. The Bertz CT molecular complexity index is 455. The second-order valence-electron chi connectivity index (χ2n) is 3.46. The molecule has 0 spiro atoms. The van der Waals surface area contributed by atoms with E-state index in [0.29, 0.717) is 0 Å². The van der Waals surface area contributed by atoms with Crippen LogP contribution in [0.2, 0.25) is 0 Å². The van der Waals surface area contributed by atoms with Crippen molar-refractivity contribution in [3.8, 4) is 0 Å². The quantitative estimate of drug-likeness (QED) is 0.530. The Kier molecular flexibility index (Phi) is 2.38. The Morgan fingerprint density at radius 1 is 1.14 bits per heavy atom. The number of benzene rings is 1. The summed E-state index contributed by atoms with van der Waals surface area (Å²) in [5.74, 6) is 0. The van der Waals surface area contributed by atoms with Crippen LogP contribution in [0.15, 0.2) is 41.6 Å². The van der Waals surface area contributed by atoms with E-state index < -0.39 is 0 Å². The Hall–Kier alpha value is -1.15. The van der Waals surface area contributed by atoms with E-state index in [1.165, 1.54) is 22.3 Å². The molecule has 70 valence electrons. The maximum absolute atomic E-state index is 3.14. The summed E-state index contributed by atoms with van der Waals surface area (Å²) < 4.78 is 0. The molecule has 2 aliphatic rings. The van der Waals surface area contributed by atoms with Gasteiger partial charge in [-0.05, 0) is 17.2 Å². The third kappa shape index (κ3) is 1.36. The van der Waals surface area contributed by atoms with Crippen molar-refractivity contribution < 1.29 is 22.0 Å². The minimum Gasteiger partial charge on any atom is -1.00 e. The molecular formula is C12H10BrN. The smallest absolute Gasteiger partial charge is 0.174 e. The van der Waals surface area contributed by atoms with E-state index in [1.807, 2.05) is 0 Å². The molecule has 1 heterocycles. The van der Waals surface area contributed by atoms with Crippen LogP contribution in [0.3, 0.4) is 0 Å². The molecular weight excluding hydrogens is 238 g/mol. The third-order valence-electron chi connectivity index (χ3n) is 2.61. The van der Waals surface area contributed by atoms with Gasteiger partial charge in [0.2, 0.25) is 0 Å². The van der Waals surface area contributed by atoms with Gasteiger partial charge in [-0.3, -0.25) is 0 Å². The van der Waals surface area contributed by atoms with Crippen LogP contribution >= 0.6 is 0 Å². The second-order valence-corrected chi connectivity index (χ2v) is 3.46. The molecule has 0 unspecified atom stereocenters. The Morgan fingerprint density at radius 3 is 2.93 bits per heavy atom. The standard InChI is InChI=1S/C12H9N.BrH/c1-2-4-10-6-12-8-13-7-11(12)5-9(10)3-1;/h1-5,7-8H,6H2;1H. The normalized spacial score (nSPS) is 16.3. The van der Waals surface area contributed by atoms with Gasteiger partial charge in [0.15, 0.2) is 12.4 Å². The topological polar surface area (TPSA) is 14.0 Å². The molecule has 0 fully saturated rings. The van der Waals surface area contributed by atoms with Crippen molar-refractivity contribution in [2.45, 2.75) is 6.42 Å². The number of allylic oxidation sites excluding steroid dienone is 2. The molecule has 1 N–H and O–H groups in total. The maximum atomic E-state index is 3.14. The van der Waals surface area contributed by atoms with Crippen LogP contribution in [0, 0.1) is 0 Å². The molecule has 0 bridgehead atoms. The molecule has 1 nitrogen and oxygen atoms in total. The minimum absolute atomic E-state index is 0. The summed E-state index contributed by atoms with van der Waals surface area (Å²) in [4.78, 5) is 3.14. The van der Waals surface area contributed by atoms with Crippen LogP contribution in [-0.2, 0) is 6.42 Å². The van der Waals surface area contributed by atoms with Crippen LogP contribution < -0.4 is 22.0 Å². The molecule has 0 aromatic heterocycles. The molecule has 1 aromatic rings. The first kappa shape index (κ1) is 9.41. The summed E-state index contributed by atoms with van der Waals surface area (Å²) in [5.41, 5.74) is 5.52. The number of hydrogen-bond acceptors (Lipinski definition) is 0. The molecule has 0 radical (unpaired) electrons. The zero-order chi connectivity index (χ0) is 8.67. The first-order valence-corrected chi connectivity index (χ1v) is 4.52. The molecule has 1 aliphatic carbocycles. The number of halogens is 1. The van der Waals surface area contributed by atoms with Gasteiger partial charge in [-0.15, -0.1) is 0 Å². The van der Waals surface area contributed by atoms with Gasteiger partial charge in [0, 0.05) is 17.6 Å². The molecule has 1 aromatic carbocycles. The van der Waals surface area contributed by atoms with Crippen LogP contribution in [0.25, 0.3) is 6.08 Å². The van der Waals surface area contributed by atoms with Crippen LogP contribution in [0.1, 0.15) is 11.1 Å². The predicted molar refractivity (Wildman–Crippen MR) is 53.2 cm³/mol. The van der Waals surface area contributed by atoms with E-state index in [-0.39, 0.29) is 17.0 Å². The van der Waals surface area contributed by atoms with Crippen molar-refractivity contribution in [1.29, 1.82) is 0 Å². The molecule has 3 rings (SSSR count). The largest absolute Gasteiger partial charge is 1.00 e. The fourth-order valence-electron chi connectivity index (χ4n) is 1.90. The van der Waals surface area contributed by atoms with Crippen molar-refractivity contribution >= 4 is 12.3 Å². The van der Waals surface area contributed by atoms with Crippen LogP contribution in [0.4, 0.5) is 0 Å². The molecule has 0 saturated carbocycles. The summed E-state index contributed by atoms with van der Waals surface area (Å²) in [6.45, 7) is 0. The maximum Gasteiger partial charge on any atom is 0.174 e. The van der Waals surface area contributed by atoms with E-state index >= 15 is 0 Å². The van der Waals surface area contributed by atoms with Gasteiger partial charge in [-0.2, -0.15) is 0 Å². The van der Waals surface area contributed by atoms with Crippen molar-refractivity contribution in [1.82, 2.24) is 0 Å². The highest BCUT2D eigenvalue weighted by Gasteiger charge is 2.19. The zero-order valence-corrected chi connectivity index (χ0v) is 9.21. The van der Waals surface area contributed by atoms with Gasteiger partial charge in [0.25, 0.3) is 0 Å². The van der Waals surface area contributed by atoms with Gasteiger partial charge in [-0.1, -0.05) is 24.3 Å². The molecule has 14 heavy (non-hydrogen) atoms.